The van der Waals surface area contributed by atoms with Crippen LogP contribution >= 0.6 is 0 Å². The number of aryl methyl sites for hydroxylation is 1. The summed E-state index contributed by atoms with van der Waals surface area (Å²) in [5.41, 5.74) is 2.40. The van der Waals surface area contributed by atoms with E-state index in [4.69, 9.17) is 4.42 Å². The van der Waals surface area contributed by atoms with Gasteiger partial charge in [0.25, 0.3) is 5.91 Å². The maximum absolute atomic E-state index is 13.1. The highest BCUT2D eigenvalue weighted by Gasteiger charge is 2.28. The number of rotatable bonds is 5. The van der Waals surface area contributed by atoms with Gasteiger partial charge >= 0.3 is 0 Å². The van der Waals surface area contributed by atoms with Crippen LogP contribution in [0.25, 0.3) is 0 Å². The minimum atomic E-state index is 0.0137. The molecule has 0 spiro atoms. The average molecular weight is 367 g/mol. The number of furan rings is 1. The van der Waals surface area contributed by atoms with E-state index >= 15 is 0 Å². The second kappa shape index (κ2) is 8.28. The van der Waals surface area contributed by atoms with Gasteiger partial charge in [-0.1, -0.05) is 37.3 Å². The summed E-state index contributed by atoms with van der Waals surface area (Å²) in [5.74, 6) is 1.47. The van der Waals surface area contributed by atoms with E-state index in [-0.39, 0.29) is 11.9 Å². The van der Waals surface area contributed by atoms with Gasteiger partial charge in [-0.3, -0.25) is 9.69 Å². The molecule has 0 radical (unpaired) electrons. The zero-order chi connectivity index (χ0) is 18.6. The topological polar surface area (TPSA) is 48.7 Å². The zero-order valence-corrected chi connectivity index (χ0v) is 16.1. The van der Waals surface area contributed by atoms with Gasteiger partial charge in [-0.25, -0.2) is 0 Å². The summed E-state index contributed by atoms with van der Waals surface area (Å²) in [7, 11) is 0. The number of amides is 1. The number of carbonyl (C=O) groups is 1. The van der Waals surface area contributed by atoms with Crippen molar-refractivity contribution in [3.05, 3.63) is 59.0 Å². The maximum Gasteiger partial charge on any atom is 0.289 e. The van der Waals surface area contributed by atoms with E-state index in [1.807, 2.05) is 29.2 Å². The second-order valence-electron chi connectivity index (χ2n) is 7.56. The van der Waals surface area contributed by atoms with Crippen molar-refractivity contribution in [2.45, 2.75) is 38.8 Å². The minimum absolute atomic E-state index is 0.0137. The van der Waals surface area contributed by atoms with Gasteiger partial charge in [-0.05, 0) is 37.6 Å². The zero-order valence-electron chi connectivity index (χ0n) is 16.1. The van der Waals surface area contributed by atoms with E-state index in [0.717, 1.165) is 38.4 Å². The molecule has 1 unspecified atom stereocenters. The third-order valence-electron chi connectivity index (χ3n) is 5.69. The molecule has 144 valence electrons. The fourth-order valence-corrected chi connectivity index (χ4v) is 4.19. The van der Waals surface area contributed by atoms with E-state index in [2.05, 4.69) is 29.3 Å². The molecule has 2 aromatic rings. The van der Waals surface area contributed by atoms with E-state index in [9.17, 15) is 4.79 Å². The molecule has 1 amide bonds. The van der Waals surface area contributed by atoms with Gasteiger partial charge in [-0.2, -0.15) is 0 Å². The molecule has 1 aromatic carbocycles. The van der Waals surface area contributed by atoms with Crippen LogP contribution in [-0.4, -0.2) is 48.4 Å². The van der Waals surface area contributed by atoms with Crippen LogP contribution in [0, 0.1) is 0 Å². The van der Waals surface area contributed by atoms with Crippen LogP contribution in [0.4, 0.5) is 0 Å². The fraction of sp³-hybridized carbons (Fsp3) is 0.500. The Balaban J connectivity index is 1.47. The Morgan fingerprint density at radius 1 is 1.19 bits per heavy atom. The molecule has 2 aliphatic rings. The predicted molar refractivity (Wildman–Crippen MR) is 106 cm³/mol. The third-order valence-corrected chi connectivity index (χ3v) is 5.69. The smallest absolute Gasteiger partial charge is 0.289 e. The van der Waals surface area contributed by atoms with Crippen molar-refractivity contribution in [3.63, 3.8) is 0 Å². The molecule has 1 aromatic heterocycles. The molecule has 0 saturated carbocycles. The number of nitrogens with zero attached hydrogens (tertiary/aromatic N) is 2. The molecule has 0 bridgehead atoms. The SMILES string of the molecule is CCc1oc(C(=O)N2CCNC(c3ccccc3)C2)cc1CN1CCCC1. The highest BCUT2D eigenvalue weighted by molar-refractivity contribution is 5.92. The summed E-state index contributed by atoms with van der Waals surface area (Å²) >= 11 is 0. The number of likely N-dealkylation sites (tertiary alicyclic amines) is 1. The average Bonchev–Trinajstić information content (AvgIpc) is 3.38. The van der Waals surface area contributed by atoms with Crippen molar-refractivity contribution in [2.75, 3.05) is 32.7 Å². The first-order valence-corrected chi connectivity index (χ1v) is 10.2. The van der Waals surface area contributed by atoms with Gasteiger partial charge in [0.2, 0.25) is 0 Å². The summed E-state index contributed by atoms with van der Waals surface area (Å²) < 4.78 is 5.99. The van der Waals surface area contributed by atoms with Gasteiger partial charge < -0.3 is 14.6 Å². The Kier molecular flexibility index (Phi) is 5.60. The summed E-state index contributed by atoms with van der Waals surface area (Å²) in [5, 5.41) is 3.52. The van der Waals surface area contributed by atoms with Gasteiger partial charge in [0.15, 0.2) is 5.76 Å². The second-order valence-corrected chi connectivity index (χ2v) is 7.56. The van der Waals surface area contributed by atoms with Gasteiger partial charge in [0.1, 0.15) is 5.76 Å². The molecule has 1 atom stereocenters. The highest BCUT2D eigenvalue weighted by atomic mass is 16.4. The Bertz CT molecular complexity index is 765. The number of benzene rings is 1. The lowest BCUT2D eigenvalue weighted by molar-refractivity contribution is 0.0669. The number of hydrogen-bond donors (Lipinski definition) is 1. The monoisotopic (exact) mass is 367 g/mol. The summed E-state index contributed by atoms with van der Waals surface area (Å²) in [6, 6.07) is 12.5. The molecule has 4 rings (SSSR count). The Hall–Kier alpha value is -2.11. The van der Waals surface area contributed by atoms with Crippen LogP contribution in [0.15, 0.2) is 40.8 Å². The Morgan fingerprint density at radius 3 is 2.70 bits per heavy atom. The molecule has 0 aliphatic carbocycles. The maximum atomic E-state index is 13.1. The molecule has 1 N–H and O–H groups in total. The first-order chi connectivity index (χ1) is 13.2. The third kappa shape index (κ3) is 4.09. The van der Waals surface area contributed by atoms with Gasteiger partial charge in [0, 0.05) is 44.2 Å². The molecule has 3 heterocycles. The predicted octanol–water partition coefficient (Wildman–Crippen LogP) is 3.22. The van der Waals surface area contributed by atoms with Crippen molar-refractivity contribution < 1.29 is 9.21 Å². The van der Waals surface area contributed by atoms with Crippen molar-refractivity contribution in [2.24, 2.45) is 0 Å². The lowest BCUT2D eigenvalue weighted by Crippen LogP contribution is -2.48. The fourth-order valence-electron chi connectivity index (χ4n) is 4.19. The Labute approximate surface area is 161 Å². The first-order valence-electron chi connectivity index (χ1n) is 10.2. The summed E-state index contributed by atoms with van der Waals surface area (Å²) in [6.45, 7) is 7.47. The molecule has 5 nitrogen and oxygen atoms in total. The largest absolute Gasteiger partial charge is 0.456 e. The van der Waals surface area contributed by atoms with E-state index < -0.39 is 0 Å². The van der Waals surface area contributed by atoms with Gasteiger partial charge in [0.05, 0.1) is 0 Å². The standard InChI is InChI=1S/C22H29N3O2/c1-2-20-18(15-24-11-6-7-12-24)14-21(27-20)22(26)25-13-10-23-19(16-25)17-8-4-3-5-9-17/h3-5,8-9,14,19,23H,2,6-7,10-13,15-16H2,1H3. The summed E-state index contributed by atoms with van der Waals surface area (Å²) in [6.07, 6.45) is 3.37. The van der Waals surface area contributed by atoms with Gasteiger partial charge in [-0.15, -0.1) is 0 Å². The molecular weight excluding hydrogens is 338 g/mol. The van der Waals surface area contributed by atoms with Crippen molar-refractivity contribution >= 4 is 5.91 Å². The van der Waals surface area contributed by atoms with Crippen LogP contribution in [0.2, 0.25) is 0 Å². The van der Waals surface area contributed by atoms with Crippen LogP contribution in [0.1, 0.15) is 53.2 Å². The number of hydrogen-bond acceptors (Lipinski definition) is 4. The van der Waals surface area contributed by atoms with Crippen molar-refractivity contribution in [1.29, 1.82) is 0 Å². The minimum Gasteiger partial charge on any atom is -0.456 e. The van der Waals surface area contributed by atoms with Crippen LogP contribution < -0.4 is 5.32 Å². The van der Waals surface area contributed by atoms with E-state index in [1.54, 1.807) is 0 Å². The quantitative estimate of drug-likeness (QED) is 0.882. The van der Waals surface area contributed by atoms with E-state index in [0.29, 0.717) is 18.8 Å². The van der Waals surface area contributed by atoms with Crippen LogP contribution in [-0.2, 0) is 13.0 Å². The molecule has 27 heavy (non-hydrogen) atoms. The van der Waals surface area contributed by atoms with E-state index in [1.165, 1.54) is 24.0 Å². The Morgan fingerprint density at radius 2 is 1.96 bits per heavy atom. The normalized spacial score (nSPS) is 20.9. The summed E-state index contributed by atoms with van der Waals surface area (Å²) in [4.78, 5) is 17.5. The highest BCUT2D eigenvalue weighted by Crippen LogP contribution is 2.24. The molecule has 5 heteroatoms. The molecule has 2 fully saturated rings. The van der Waals surface area contributed by atoms with Crippen LogP contribution in [0.5, 0.6) is 0 Å². The molecule has 2 saturated heterocycles. The first kappa shape index (κ1) is 18.3. The lowest BCUT2D eigenvalue weighted by Gasteiger charge is -2.33. The van der Waals surface area contributed by atoms with Crippen molar-refractivity contribution in [3.8, 4) is 0 Å². The lowest BCUT2D eigenvalue weighted by atomic mass is 10.0. The molecule has 2 aliphatic heterocycles. The molecular formula is C22H29N3O2. The number of piperazine rings is 1. The van der Waals surface area contributed by atoms with Crippen LogP contribution in [0.3, 0.4) is 0 Å². The number of nitrogens with one attached hydrogen (secondary N) is 1. The van der Waals surface area contributed by atoms with Crippen molar-refractivity contribution in [1.82, 2.24) is 15.1 Å². The number of carbonyl (C=O) groups excluding carboxylic acids is 1.